The fourth-order valence-electron chi connectivity index (χ4n) is 2.90. The average molecular weight is 451 g/mol. The number of carbonyl (C=O) groups is 2. The highest BCUT2D eigenvalue weighted by atomic mass is 32.2. The minimum Gasteiger partial charge on any atom is -0.493 e. The van der Waals surface area contributed by atoms with Gasteiger partial charge in [0.15, 0.2) is 18.1 Å². The molecule has 0 aliphatic carbocycles. The van der Waals surface area contributed by atoms with Crippen molar-refractivity contribution in [2.24, 2.45) is 0 Å². The SMILES string of the molecule is COc1cc(C(=O)Nc2ccccc2Sc2ccccc2)ccc1OCC(=O)NC(C)C. The Hall–Kier alpha value is -3.45. The Bertz CT molecular complexity index is 1070. The number of anilines is 1. The normalized spacial score (nSPS) is 10.5. The molecule has 0 fully saturated rings. The summed E-state index contributed by atoms with van der Waals surface area (Å²) in [5.74, 6) is 0.273. The summed E-state index contributed by atoms with van der Waals surface area (Å²) in [7, 11) is 1.49. The monoisotopic (exact) mass is 450 g/mol. The van der Waals surface area contributed by atoms with Crippen molar-refractivity contribution < 1.29 is 19.1 Å². The third-order valence-corrected chi connectivity index (χ3v) is 5.42. The lowest BCUT2D eigenvalue weighted by Crippen LogP contribution is -2.34. The lowest BCUT2D eigenvalue weighted by atomic mass is 10.2. The van der Waals surface area contributed by atoms with Crippen molar-refractivity contribution in [3.05, 3.63) is 78.4 Å². The van der Waals surface area contributed by atoms with Gasteiger partial charge in [0.25, 0.3) is 11.8 Å². The molecule has 0 saturated heterocycles. The smallest absolute Gasteiger partial charge is 0.258 e. The van der Waals surface area contributed by atoms with Crippen LogP contribution in [0.25, 0.3) is 0 Å². The summed E-state index contributed by atoms with van der Waals surface area (Å²) in [6.45, 7) is 3.62. The number of rotatable bonds is 9. The van der Waals surface area contributed by atoms with Crippen LogP contribution in [-0.2, 0) is 4.79 Å². The van der Waals surface area contributed by atoms with Gasteiger partial charge in [-0.25, -0.2) is 0 Å². The molecule has 6 nitrogen and oxygen atoms in total. The first kappa shape index (κ1) is 23.2. The van der Waals surface area contributed by atoms with E-state index in [0.29, 0.717) is 17.1 Å². The van der Waals surface area contributed by atoms with Gasteiger partial charge in [0.05, 0.1) is 12.8 Å². The number of nitrogens with one attached hydrogen (secondary N) is 2. The largest absolute Gasteiger partial charge is 0.493 e. The summed E-state index contributed by atoms with van der Waals surface area (Å²) in [5.41, 5.74) is 1.14. The molecule has 32 heavy (non-hydrogen) atoms. The minimum absolute atomic E-state index is 0.0296. The Labute approximate surface area is 192 Å². The van der Waals surface area contributed by atoms with E-state index in [-0.39, 0.29) is 24.5 Å². The first-order chi connectivity index (χ1) is 15.5. The second-order valence-corrected chi connectivity index (χ2v) is 8.36. The molecule has 3 aromatic carbocycles. The fraction of sp³-hybridized carbons (Fsp3) is 0.200. The Kier molecular flexibility index (Phi) is 8.16. The van der Waals surface area contributed by atoms with E-state index in [4.69, 9.17) is 9.47 Å². The van der Waals surface area contributed by atoms with Crippen LogP contribution in [0.1, 0.15) is 24.2 Å². The number of para-hydroxylation sites is 1. The highest BCUT2D eigenvalue weighted by molar-refractivity contribution is 7.99. The molecule has 3 aromatic rings. The van der Waals surface area contributed by atoms with Crippen LogP contribution in [0.3, 0.4) is 0 Å². The molecule has 0 heterocycles. The summed E-state index contributed by atoms with van der Waals surface area (Å²) in [6.07, 6.45) is 0. The number of benzene rings is 3. The zero-order chi connectivity index (χ0) is 22.9. The van der Waals surface area contributed by atoms with Crippen molar-refractivity contribution in [1.29, 1.82) is 0 Å². The van der Waals surface area contributed by atoms with Gasteiger partial charge in [0, 0.05) is 21.4 Å². The van der Waals surface area contributed by atoms with Gasteiger partial charge in [0.1, 0.15) is 0 Å². The van der Waals surface area contributed by atoms with Crippen molar-refractivity contribution in [2.75, 3.05) is 19.0 Å². The highest BCUT2D eigenvalue weighted by Gasteiger charge is 2.14. The summed E-state index contributed by atoms with van der Waals surface area (Å²) < 4.78 is 10.9. The van der Waals surface area contributed by atoms with Gasteiger partial charge in [-0.2, -0.15) is 0 Å². The predicted octanol–water partition coefficient (Wildman–Crippen LogP) is 5.00. The predicted molar refractivity (Wildman–Crippen MR) is 127 cm³/mol. The molecule has 0 unspecified atom stereocenters. The van der Waals surface area contributed by atoms with E-state index in [2.05, 4.69) is 10.6 Å². The summed E-state index contributed by atoms with van der Waals surface area (Å²) in [6, 6.07) is 22.5. The van der Waals surface area contributed by atoms with Gasteiger partial charge >= 0.3 is 0 Å². The zero-order valence-electron chi connectivity index (χ0n) is 18.3. The van der Waals surface area contributed by atoms with Crippen LogP contribution in [0.2, 0.25) is 0 Å². The molecule has 7 heteroatoms. The summed E-state index contributed by atoms with van der Waals surface area (Å²) >= 11 is 1.58. The summed E-state index contributed by atoms with van der Waals surface area (Å²) in [4.78, 5) is 26.8. The minimum atomic E-state index is -0.270. The van der Waals surface area contributed by atoms with E-state index in [1.54, 1.807) is 30.0 Å². The van der Waals surface area contributed by atoms with Crippen molar-refractivity contribution in [2.45, 2.75) is 29.7 Å². The lowest BCUT2D eigenvalue weighted by Gasteiger charge is -2.14. The topological polar surface area (TPSA) is 76.7 Å². The van der Waals surface area contributed by atoms with E-state index in [1.807, 2.05) is 68.4 Å². The molecular formula is C25H26N2O4S. The van der Waals surface area contributed by atoms with Crippen molar-refractivity contribution in [3.8, 4) is 11.5 Å². The van der Waals surface area contributed by atoms with Crippen molar-refractivity contribution in [1.82, 2.24) is 5.32 Å². The van der Waals surface area contributed by atoms with Gasteiger partial charge < -0.3 is 20.1 Å². The fourth-order valence-corrected chi connectivity index (χ4v) is 3.83. The maximum atomic E-state index is 12.9. The molecule has 3 rings (SSSR count). The Morgan fingerprint density at radius 2 is 1.66 bits per heavy atom. The van der Waals surface area contributed by atoms with Crippen LogP contribution in [0.15, 0.2) is 82.6 Å². The van der Waals surface area contributed by atoms with Crippen LogP contribution in [0, 0.1) is 0 Å². The number of hydrogen-bond donors (Lipinski definition) is 2. The molecule has 0 radical (unpaired) electrons. The van der Waals surface area contributed by atoms with E-state index in [1.165, 1.54) is 7.11 Å². The Balaban J connectivity index is 1.71. The highest BCUT2D eigenvalue weighted by Crippen LogP contribution is 2.34. The average Bonchev–Trinajstić information content (AvgIpc) is 2.79. The molecule has 2 N–H and O–H groups in total. The number of carbonyl (C=O) groups excluding carboxylic acids is 2. The Morgan fingerprint density at radius 3 is 2.38 bits per heavy atom. The maximum Gasteiger partial charge on any atom is 0.258 e. The number of amides is 2. The second kappa shape index (κ2) is 11.2. The van der Waals surface area contributed by atoms with Crippen molar-refractivity contribution >= 4 is 29.3 Å². The van der Waals surface area contributed by atoms with E-state index < -0.39 is 0 Å². The van der Waals surface area contributed by atoms with Crippen LogP contribution in [0.4, 0.5) is 5.69 Å². The molecule has 0 aliphatic rings. The zero-order valence-corrected chi connectivity index (χ0v) is 19.1. The number of ether oxygens (including phenoxy) is 2. The molecule has 0 aromatic heterocycles. The van der Waals surface area contributed by atoms with Gasteiger partial charge in [-0.15, -0.1) is 0 Å². The molecule has 0 atom stereocenters. The molecule has 0 saturated carbocycles. The van der Waals surface area contributed by atoms with Crippen molar-refractivity contribution in [3.63, 3.8) is 0 Å². The molecule has 0 spiro atoms. The van der Waals surface area contributed by atoms with Crippen LogP contribution in [0.5, 0.6) is 11.5 Å². The molecule has 0 aliphatic heterocycles. The quantitative estimate of drug-likeness (QED) is 0.480. The van der Waals surface area contributed by atoms with E-state index in [0.717, 1.165) is 15.5 Å². The number of hydrogen-bond acceptors (Lipinski definition) is 5. The Morgan fingerprint density at radius 1 is 0.938 bits per heavy atom. The maximum absolute atomic E-state index is 12.9. The molecule has 166 valence electrons. The van der Waals surface area contributed by atoms with Gasteiger partial charge in [-0.3, -0.25) is 9.59 Å². The molecule has 0 bridgehead atoms. The third kappa shape index (κ3) is 6.52. The van der Waals surface area contributed by atoms with Gasteiger partial charge in [-0.1, -0.05) is 42.1 Å². The van der Waals surface area contributed by atoms with Crippen LogP contribution in [-0.4, -0.2) is 31.6 Å². The standard InChI is InChI=1S/C25H26N2O4S/c1-17(2)26-24(28)16-31-21-14-13-18(15-22(21)30-3)25(29)27-20-11-7-8-12-23(20)32-19-9-5-4-6-10-19/h4-15,17H,16H2,1-3H3,(H,26,28)(H,27,29). The second-order valence-electron chi connectivity index (χ2n) is 7.24. The first-order valence-electron chi connectivity index (χ1n) is 10.2. The van der Waals surface area contributed by atoms with Gasteiger partial charge in [-0.05, 0) is 56.3 Å². The number of methoxy groups -OCH3 is 1. The third-order valence-electron chi connectivity index (χ3n) is 4.34. The lowest BCUT2D eigenvalue weighted by molar-refractivity contribution is -0.123. The van der Waals surface area contributed by atoms with Crippen LogP contribution < -0.4 is 20.1 Å². The first-order valence-corrected chi connectivity index (χ1v) is 11.0. The van der Waals surface area contributed by atoms with E-state index in [9.17, 15) is 9.59 Å². The molecular weight excluding hydrogens is 424 g/mol. The summed E-state index contributed by atoms with van der Waals surface area (Å²) in [5, 5.41) is 5.73. The van der Waals surface area contributed by atoms with Gasteiger partial charge in [0.2, 0.25) is 0 Å². The van der Waals surface area contributed by atoms with E-state index >= 15 is 0 Å². The van der Waals surface area contributed by atoms with Crippen LogP contribution >= 0.6 is 11.8 Å². The molecule has 2 amide bonds.